The number of primary amides is 1. The fourth-order valence-corrected chi connectivity index (χ4v) is 2.56. The molecular formula is C18H15ClF2N2O4. The highest BCUT2D eigenvalue weighted by Crippen LogP contribution is 2.25. The van der Waals surface area contributed by atoms with Gasteiger partial charge in [0, 0.05) is 10.6 Å². The molecule has 0 heterocycles. The number of halogens is 3. The summed E-state index contributed by atoms with van der Waals surface area (Å²) in [5.74, 6) is -3.80. The van der Waals surface area contributed by atoms with E-state index in [2.05, 4.69) is 5.32 Å². The molecule has 0 bridgehead atoms. The number of benzene rings is 2. The first-order valence-corrected chi connectivity index (χ1v) is 8.10. The molecule has 2 aromatic carbocycles. The Morgan fingerprint density at radius 1 is 1.11 bits per heavy atom. The largest absolute Gasteiger partial charge is 0.457 e. The number of Topliss-reactive ketones (excluding diaryl/α,β-unsaturated/α-hetero) is 1. The smallest absolute Gasteiger partial charge is 0.312 e. The van der Waals surface area contributed by atoms with Gasteiger partial charge in [0.1, 0.15) is 0 Å². The van der Waals surface area contributed by atoms with E-state index in [0.717, 1.165) is 12.1 Å². The number of nitrogens with one attached hydrogen (secondary N) is 1. The van der Waals surface area contributed by atoms with Crippen molar-refractivity contribution in [3.05, 3.63) is 70.2 Å². The molecule has 0 radical (unpaired) electrons. The molecule has 2 rings (SSSR count). The number of rotatable bonds is 7. The van der Waals surface area contributed by atoms with Crippen molar-refractivity contribution in [3.8, 4) is 0 Å². The maximum Gasteiger partial charge on any atom is 0.312 e. The van der Waals surface area contributed by atoms with Crippen LogP contribution < -0.4 is 11.1 Å². The average molecular weight is 397 g/mol. The quantitative estimate of drug-likeness (QED) is 0.554. The summed E-state index contributed by atoms with van der Waals surface area (Å²) < 4.78 is 30.9. The fourth-order valence-electron chi connectivity index (χ4n) is 2.29. The number of hydrogen-bond donors (Lipinski definition) is 2. The Hall–Kier alpha value is -3.00. The summed E-state index contributed by atoms with van der Waals surface area (Å²) in [6.45, 7) is -0.671. The molecule has 0 saturated carbocycles. The van der Waals surface area contributed by atoms with Crippen LogP contribution in [0.5, 0.6) is 0 Å². The van der Waals surface area contributed by atoms with Crippen molar-refractivity contribution in [1.82, 2.24) is 5.32 Å². The number of amides is 2. The van der Waals surface area contributed by atoms with Crippen LogP contribution in [-0.2, 0) is 9.53 Å². The van der Waals surface area contributed by atoms with Crippen molar-refractivity contribution < 1.29 is 27.9 Å². The van der Waals surface area contributed by atoms with E-state index >= 15 is 0 Å². The van der Waals surface area contributed by atoms with E-state index in [4.69, 9.17) is 22.1 Å². The Kier molecular flexibility index (Phi) is 6.84. The lowest BCUT2D eigenvalue weighted by Crippen LogP contribution is -2.35. The number of nitrogens with two attached hydrogens (primary N) is 1. The second-order valence-electron chi connectivity index (χ2n) is 5.50. The molecule has 2 aromatic rings. The lowest BCUT2D eigenvalue weighted by atomic mass is 10.0. The first-order chi connectivity index (χ1) is 12.8. The molecule has 2 amide bonds. The highest BCUT2D eigenvalue weighted by atomic mass is 35.5. The van der Waals surface area contributed by atoms with E-state index in [1.54, 1.807) is 24.3 Å². The van der Waals surface area contributed by atoms with Crippen molar-refractivity contribution >= 4 is 29.4 Å². The molecule has 9 heteroatoms. The molecule has 0 aliphatic rings. The molecule has 0 spiro atoms. The van der Waals surface area contributed by atoms with E-state index in [-0.39, 0.29) is 12.0 Å². The molecule has 0 fully saturated rings. The van der Waals surface area contributed by atoms with E-state index in [9.17, 15) is 23.2 Å². The molecule has 27 heavy (non-hydrogen) atoms. The number of urea groups is 1. The minimum atomic E-state index is -1.18. The van der Waals surface area contributed by atoms with Crippen LogP contribution >= 0.6 is 11.6 Å². The Balaban J connectivity index is 2.01. The molecule has 0 unspecified atom stereocenters. The monoisotopic (exact) mass is 396 g/mol. The van der Waals surface area contributed by atoms with Gasteiger partial charge < -0.3 is 15.8 Å². The molecule has 0 aromatic heterocycles. The zero-order valence-corrected chi connectivity index (χ0v) is 14.6. The van der Waals surface area contributed by atoms with E-state index in [1.165, 1.54) is 0 Å². The lowest BCUT2D eigenvalue weighted by Gasteiger charge is -2.18. The molecule has 0 aliphatic heterocycles. The topological polar surface area (TPSA) is 98.5 Å². The van der Waals surface area contributed by atoms with E-state index in [0.29, 0.717) is 16.7 Å². The maximum absolute atomic E-state index is 13.2. The van der Waals surface area contributed by atoms with Gasteiger partial charge >= 0.3 is 12.0 Å². The van der Waals surface area contributed by atoms with Crippen molar-refractivity contribution in [2.45, 2.75) is 12.5 Å². The van der Waals surface area contributed by atoms with Crippen LogP contribution in [0.25, 0.3) is 0 Å². The summed E-state index contributed by atoms with van der Waals surface area (Å²) in [5.41, 5.74) is 5.42. The zero-order valence-electron chi connectivity index (χ0n) is 13.9. The van der Waals surface area contributed by atoms with E-state index < -0.39 is 42.1 Å². The molecule has 6 nitrogen and oxygen atoms in total. The molecule has 3 N–H and O–H groups in total. The van der Waals surface area contributed by atoms with Gasteiger partial charge in [-0.2, -0.15) is 0 Å². The van der Waals surface area contributed by atoms with Gasteiger partial charge in [-0.1, -0.05) is 29.8 Å². The van der Waals surface area contributed by atoms with Gasteiger partial charge in [-0.05, 0) is 29.8 Å². The summed E-state index contributed by atoms with van der Waals surface area (Å²) in [6, 6.07) is 7.37. The van der Waals surface area contributed by atoms with Gasteiger partial charge in [0.2, 0.25) is 0 Å². The second kappa shape index (κ2) is 9.09. The molecule has 0 aliphatic carbocycles. The Labute approximate surface area is 158 Å². The van der Waals surface area contributed by atoms with Gasteiger partial charge in [-0.15, -0.1) is 0 Å². The van der Waals surface area contributed by atoms with Gasteiger partial charge in [-0.3, -0.25) is 9.59 Å². The SMILES string of the molecule is NC(=O)N[C@H](CC(=O)OCC(=O)c1ccc(F)c(F)c1)c1ccccc1Cl. The van der Waals surface area contributed by atoms with Crippen LogP contribution in [0.15, 0.2) is 42.5 Å². The normalized spacial score (nSPS) is 11.5. The first-order valence-electron chi connectivity index (χ1n) is 7.72. The van der Waals surface area contributed by atoms with Crippen molar-refractivity contribution in [2.75, 3.05) is 6.61 Å². The van der Waals surface area contributed by atoms with Gasteiger partial charge in [-0.25, -0.2) is 13.6 Å². The average Bonchev–Trinajstić information content (AvgIpc) is 2.61. The summed E-state index contributed by atoms with van der Waals surface area (Å²) in [7, 11) is 0. The number of carbonyl (C=O) groups is 3. The standard InChI is InChI=1S/C18H15ClF2N2O4/c19-12-4-2-1-3-11(12)15(23-18(22)26)8-17(25)27-9-16(24)10-5-6-13(20)14(21)7-10/h1-7,15H,8-9H2,(H3,22,23,26)/t15-/m1/s1. The summed E-state index contributed by atoms with van der Waals surface area (Å²) in [4.78, 5) is 35.1. The van der Waals surface area contributed by atoms with Crippen molar-refractivity contribution in [2.24, 2.45) is 5.73 Å². The molecule has 142 valence electrons. The third-order valence-corrected chi connectivity index (χ3v) is 3.92. The molecule has 1 atom stereocenters. The van der Waals surface area contributed by atoms with E-state index in [1.807, 2.05) is 0 Å². The Morgan fingerprint density at radius 2 is 1.81 bits per heavy atom. The minimum Gasteiger partial charge on any atom is -0.457 e. The summed E-state index contributed by atoms with van der Waals surface area (Å²) in [5, 5.41) is 2.69. The highest BCUT2D eigenvalue weighted by molar-refractivity contribution is 6.31. The van der Waals surface area contributed by atoms with Crippen LogP contribution in [0.3, 0.4) is 0 Å². The van der Waals surface area contributed by atoms with Gasteiger partial charge in [0.15, 0.2) is 24.0 Å². The predicted molar refractivity (Wildman–Crippen MR) is 93.2 cm³/mol. The maximum atomic E-state index is 13.2. The van der Waals surface area contributed by atoms with Crippen LogP contribution in [0.1, 0.15) is 28.4 Å². The predicted octanol–water partition coefficient (Wildman–Crippen LogP) is 3.14. The molecule has 0 saturated heterocycles. The fraction of sp³-hybridized carbons (Fsp3) is 0.167. The number of ketones is 1. The van der Waals surface area contributed by atoms with Gasteiger partial charge in [0.05, 0.1) is 12.5 Å². The second-order valence-corrected chi connectivity index (χ2v) is 5.91. The highest BCUT2D eigenvalue weighted by Gasteiger charge is 2.21. The summed E-state index contributed by atoms with van der Waals surface area (Å²) in [6.07, 6.45) is -0.336. The third kappa shape index (κ3) is 5.75. The van der Waals surface area contributed by atoms with Crippen molar-refractivity contribution in [1.29, 1.82) is 0 Å². The van der Waals surface area contributed by atoms with Crippen LogP contribution in [0.4, 0.5) is 13.6 Å². The Morgan fingerprint density at radius 3 is 2.44 bits per heavy atom. The lowest BCUT2D eigenvalue weighted by molar-refractivity contribution is -0.143. The van der Waals surface area contributed by atoms with Crippen LogP contribution in [-0.4, -0.2) is 24.4 Å². The number of carbonyl (C=O) groups excluding carboxylic acids is 3. The number of hydrogen-bond acceptors (Lipinski definition) is 4. The van der Waals surface area contributed by atoms with Crippen molar-refractivity contribution in [3.63, 3.8) is 0 Å². The Bertz CT molecular complexity index is 876. The van der Waals surface area contributed by atoms with Gasteiger partial charge in [0.25, 0.3) is 0 Å². The first kappa shape index (κ1) is 20.3. The van der Waals surface area contributed by atoms with Crippen LogP contribution in [0.2, 0.25) is 5.02 Å². The molecular weight excluding hydrogens is 382 g/mol. The summed E-state index contributed by atoms with van der Waals surface area (Å²) >= 11 is 6.06. The minimum absolute atomic E-state index is 0.139. The number of ether oxygens (including phenoxy) is 1. The zero-order chi connectivity index (χ0) is 20.0. The third-order valence-electron chi connectivity index (χ3n) is 3.57. The number of esters is 1. The van der Waals surface area contributed by atoms with Crippen LogP contribution in [0, 0.1) is 11.6 Å².